The molecule has 3 aromatic rings. The van der Waals surface area contributed by atoms with Crippen molar-refractivity contribution in [3.8, 4) is 0 Å². The van der Waals surface area contributed by atoms with Gasteiger partial charge in [-0.25, -0.2) is 9.40 Å². The Kier molecular flexibility index (Phi) is 6.83. The average molecular weight is 497 g/mol. The molecule has 1 aliphatic heterocycles. The molecule has 0 N–H and O–H groups in total. The Balaban J connectivity index is 1.55. The number of benzene rings is 3. The number of carbonyl (C=O) groups excluding carboxylic acids is 1. The zero-order chi connectivity index (χ0) is 26.1. The van der Waals surface area contributed by atoms with Gasteiger partial charge in [-0.15, -0.1) is 0 Å². The minimum absolute atomic E-state index is 0.0868. The van der Waals surface area contributed by atoms with Gasteiger partial charge in [0.2, 0.25) is 0 Å². The summed E-state index contributed by atoms with van der Waals surface area (Å²) in [5, 5.41) is 6.54. The van der Waals surface area contributed by atoms with Gasteiger partial charge in [-0.3, -0.25) is 4.79 Å². The van der Waals surface area contributed by atoms with E-state index in [0.717, 1.165) is 47.5 Å². The zero-order valence-electron chi connectivity index (χ0n) is 21.9. The first kappa shape index (κ1) is 24.8. The summed E-state index contributed by atoms with van der Waals surface area (Å²) in [5.74, 6) is -0.620. The van der Waals surface area contributed by atoms with Crippen molar-refractivity contribution in [2.24, 2.45) is 11.0 Å². The van der Waals surface area contributed by atoms with Gasteiger partial charge in [0.25, 0.3) is 5.91 Å². The average Bonchev–Trinajstić information content (AvgIpc) is 3.29. The highest BCUT2D eigenvalue weighted by atomic mass is 19.1. The number of amides is 1. The molecular weight excluding hydrogens is 463 g/mol. The minimum Gasteiger partial charge on any atom is -0.378 e. The molecule has 1 fully saturated rings. The van der Waals surface area contributed by atoms with Gasteiger partial charge in [-0.05, 0) is 84.5 Å². The predicted octanol–water partition coefficient (Wildman–Crippen LogP) is 6.39. The first-order valence-corrected chi connectivity index (χ1v) is 12.7. The fraction of sp³-hybridized carbons (Fsp3) is 0.290. The maximum atomic E-state index is 14.0. The number of hydrazone groups is 1. The molecule has 0 aromatic heterocycles. The van der Waals surface area contributed by atoms with Crippen LogP contribution in [0.25, 0.3) is 6.08 Å². The zero-order valence-corrected chi connectivity index (χ0v) is 21.9. The molecule has 0 unspecified atom stereocenters. The second kappa shape index (κ2) is 10.2. The number of fused-ring (bicyclic) bond motifs is 1. The summed E-state index contributed by atoms with van der Waals surface area (Å²) in [5.41, 5.74) is 6.84. The first-order chi connectivity index (χ1) is 17.8. The molecular formula is C31H33FN4O. The molecule has 1 saturated carbocycles. The van der Waals surface area contributed by atoms with Gasteiger partial charge in [0.15, 0.2) is 0 Å². The summed E-state index contributed by atoms with van der Waals surface area (Å²) in [6.07, 6.45) is 5.09. The third-order valence-corrected chi connectivity index (χ3v) is 7.28. The highest BCUT2D eigenvalue weighted by Crippen LogP contribution is 2.45. The van der Waals surface area contributed by atoms with Crippen LogP contribution in [-0.2, 0) is 0 Å². The van der Waals surface area contributed by atoms with Crippen molar-refractivity contribution in [3.63, 3.8) is 0 Å². The molecule has 1 heterocycles. The number of allylic oxidation sites excluding steroid dienone is 1. The molecule has 5 nitrogen and oxygen atoms in total. The van der Waals surface area contributed by atoms with Crippen LogP contribution in [0.2, 0.25) is 0 Å². The molecule has 37 heavy (non-hydrogen) atoms. The second-order valence-corrected chi connectivity index (χ2v) is 10.2. The van der Waals surface area contributed by atoms with Crippen LogP contribution in [0.15, 0.2) is 83.5 Å². The predicted molar refractivity (Wildman–Crippen MR) is 150 cm³/mol. The minimum atomic E-state index is -0.427. The van der Waals surface area contributed by atoms with Crippen LogP contribution in [0.4, 0.5) is 15.8 Å². The van der Waals surface area contributed by atoms with Gasteiger partial charge in [0, 0.05) is 51.0 Å². The molecule has 2 aliphatic rings. The topological polar surface area (TPSA) is 39.1 Å². The number of halogens is 1. The molecule has 0 saturated heterocycles. The van der Waals surface area contributed by atoms with Crippen LogP contribution < -0.4 is 9.80 Å². The Labute approximate surface area is 218 Å². The lowest BCUT2D eigenvalue weighted by molar-refractivity contribution is 0.0680. The maximum Gasteiger partial charge on any atom is 0.274 e. The van der Waals surface area contributed by atoms with Crippen molar-refractivity contribution in [2.75, 3.05) is 38.0 Å². The molecule has 0 bridgehead atoms. The first-order valence-electron chi connectivity index (χ1n) is 12.7. The molecule has 0 radical (unpaired) electrons. The number of nitrogens with zero attached hydrogens (tertiary/aromatic N) is 4. The van der Waals surface area contributed by atoms with E-state index in [-0.39, 0.29) is 17.9 Å². The number of carbonyl (C=O) groups is 1. The summed E-state index contributed by atoms with van der Waals surface area (Å²) >= 11 is 0. The van der Waals surface area contributed by atoms with Crippen molar-refractivity contribution in [2.45, 2.75) is 25.3 Å². The van der Waals surface area contributed by atoms with E-state index in [0.29, 0.717) is 5.56 Å². The number of hydrogen-bond donors (Lipinski definition) is 0. The number of rotatable bonds is 5. The van der Waals surface area contributed by atoms with E-state index >= 15 is 0 Å². The Morgan fingerprint density at radius 3 is 2.22 bits per heavy atom. The molecule has 0 spiro atoms. The van der Waals surface area contributed by atoms with E-state index in [4.69, 9.17) is 5.10 Å². The van der Waals surface area contributed by atoms with Gasteiger partial charge in [-0.1, -0.05) is 30.3 Å². The largest absolute Gasteiger partial charge is 0.378 e. The molecule has 3 aromatic carbocycles. The fourth-order valence-corrected chi connectivity index (χ4v) is 5.29. The summed E-state index contributed by atoms with van der Waals surface area (Å²) < 4.78 is 14.0. The number of anilines is 2. The van der Waals surface area contributed by atoms with Crippen molar-refractivity contribution >= 4 is 29.1 Å². The van der Waals surface area contributed by atoms with E-state index < -0.39 is 5.82 Å². The van der Waals surface area contributed by atoms with Crippen LogP contribution in [0.1, 0.15) is 46.8 Å². The standard InChI is InChI=1S/C31H33FN4O/c1-34(2)26-15-11-21(12-16-26)19-23-7-6-10-28-29(23)33-36(31(37)24-8-5-9-25(32)20-24)30(28)22-13-17-27(18-14-22)35(3)4/h5,8-9,11-20,28,30H,6-7,10H2,1-4H3/b23-19+/t28-,30+/m0/s1. The van der Waals surface area contributed by atoms with Gasteiger partial charge in [0.05, 0.1) is 11.8 Å². The van der Waals surface area contributed by atoms with Gasteiger partial charge >= 0.3 is 0 Å². The molecule has 2 atom stereocenters. The Morgan fingerprint density at radius 2 is 1.59 bits per heavy atom. The van der Waals surface area contributed by atoms with E-state index in [2.05, 4.69) is 64.4 Å². The number of hydrogen-bond acceptors (Lipinski definition) is 4. The van der Waals surface area contributed by atoms with E-state index in [1.54, 1.807) is 17.1 Å². The van der Waals surface area contributed by atoms with E-state index in [1.807, 2.05) is 28.2 Å². The molecule has 6 heteroatoms. The van der Waals surface area contributed by atoms with Crippen molar-refractivity contribution in [1.29, 1.82) is 0 Å². The quantitative estimate of drug-likeness (QED) is 0.411. The summed E-state index contributed by atoms with van der Waals surface area (Å²) in [6.45, 7) is 0. The fourth-order valence-electron chi connectivity index (χ4n) is 5.29. The normalized spacial score (nSPS) is 20.0. The second-order valence-electron chi connectivity index (χ2n) is 10.2. The van der Waals surface area contributed by atoms with Crippen LogP contribution in [-0.4, -0.2) is 44.8 Å². The molecule has 190 valence electrons. The summed E-state index contributed by atoms with van der Waals surface area (Å²) in [6, 6.07) is 22.4. The summed E-state index contributed by atoms with van der Waals surface area (Å²) in [7, 11) is 8.08. The monoisotopic (exact) mass is 496 g/mol. The van der Waals surface area contributed by atoms with E-state index in [1.165, 1.54) is 17.7 Å². The smallest absolute Gasteiger partial charge is 0.274 e. The lowest BCUT2D eigenvalue weighted by atomic mass is 9.77. The lowest BCUT2D eigenvalue weighted by Gasteiger charge is -2.30. The van der Waals surface area contributed by atoms with Gasteiger partial charge in [-0.2, -0.15) is 5.10 Å². The van der Waals surface area contributed by atoms with Crippen molar-refractivity contribution in [3.05, 3.63) is 101 Å². The highest BCUT2D eigenvalue weighted by Gasteiger charge is 2.44. The molecule has 1 amide bonds. The SMILES string of the molecule is CN(C)c1ccc(/C=C2\CCC[C@H]3C2=NN(C(=O)c2cccc(F)c2)[C@@H]3c2ccc(N(C)C)cc2)cc1. The third kappa shape index (κ3) is 5.01. The van der Waals surface area contributed by atoms with Crippen LogP contribution in [0.5, 0.6) is 0 Å². The van der Waals surface area contributed by atoms with Crippen LogP contribution >= 0.6 is 0 Å². The molecule has 5 rings (SSSR count). The van der Waals surface area contributed by atoms with Crippen molar-refractivity contribution < 1.29 is 9.18 Å². The third-order valence-electron chi connectivity index (χ3n) is 7.28. The van der Waals surface area contributed by atoms with Gasteiger partial charge < -0.3 is 9.80 Å². The van der Waals surface area contributed by atoms with Crippen LogP contribution in [0.3, 0.4) is 0 Å². The summed E-state index contributed by atoms with van der Waals surface area (Å²) in [4.78, 5) is 17.8. The Bertz CT molecular complexity index is 1340. The van der Waals surface area contributed by atoms with Gasteiger partial charge in [0.1, 0.15) is 5.82 Å². The highest BCUT2D eigenvalue weighted by molar-refractivity contribution is 6.09. The molecule has 1 aliphatic carbocycles. The Morgan fingerprint density at radius 1 is 0.946 bits per heavy atom. The van der Waals surface area contributed by atoms with E-state index in [9.17, 15) is 9.18 Å². The Hall–Kier alpha value is -3.93. The van der Waals surface area contributed by atoms with Crippen molar-refractivity contribution in [1.82, 2.24) is 5.01 Å². The lowest BCUT2D eigenvalue weighted by Crippen LogP contribution is -2.32. The maximum absolute atomic E-state index is 14.0. The van der Waals surface area contributed by atoms with Crippen LogP contribution in [0, 0.1) is 11.7 Å².